The quantitative estimate of drug-likeness (QED) is 0.606. The topological polar surface area (TPSA) is 75.2 Å². The van der Waals surface area contributed by atoms with Crippen LogP contribution in [0.3, 0.4) is 0 Å². The Morgan fingerprint density at radius 2 is 2.39 bits per heavy atom. The van der Waals surface area contributed by atoms with Gasteiger partial charge in [-0.15, -0.1) is 0 Å². The lowest BCUT2D eigenvalue weighted by Crippen LogP contribution is -2.49. The van der Waals surface area contributed by atoms with Gasteiger partial charge in [0.2, 0.25) is 0 Å². The number of nitrogen functional groups attached to an aromatic ring is 1. The molecule has 0 aromatic carbocycles. The number of rotatable bonds is 2. The van der Waals surface area contributed by atoms with Gasteiger partial charge in [-0.2, -0.15) is 0 Å². The summed E-state index contributed by atoms with van der Waals surface area (Å²) in [4.78, 5) is 6.74. The summed E-state index contributed by atoms with van der Waals surface area (Å²) in [6.07, 6.45) is 5.61. The van der Waals surface area contributed by atoms with E-state index in [-0.39, 0.29) is 5.84 Å². The van der Waals surface area contributed by atoms with Crippen molar-refractivity contribution in [3.63, 3.8) is 0 Å². The maximum Gasteiger partial charge on any atom is 0.129 e. The summed E-state index contributed by atoms with van der Waals surface area (Å²) in [5.41, 5.74) is 6.27. The summed E-state index contributed by atoms with van der Waals surface area (Å²) in [5.74, 6) is 1.01. The van der Waals surface area contributed by atoms with Gasteiger partial charge in [0.25, 0.3) is 0 Å². The van der Waals surface area contributed by atoms with Crippen molar-refractivity contribution >= 4 is 11.7 Å². The summed E-state index contributed by atoms with van der Waals surface area (Å²) in [7, 11) is 0. The Morgan fingerprint density at radius 3 is 3.22 bits per heavy atom. The van der Waals surface area contributed by atoms with Gasteiger partial charge in [0.15, 0.2) is 0 Å². The number of fused-ring (bicyclic) bond motifs is 1. The zero-order chi connectivity index (χ0) is 12.5. The standard InChI is InChI=1S/C13H18N4O/c14-13(15)9-4-5-16-12(8-9)17-6-7-18-11-3-1-2-10(11)17/h4-5,8,10-11H,1-3,6-7H2,(H3,14,15). The van der Waals surface area contributed by atoms with Gasteiger partial charge in [-0.1, -0.05) is 0 Å². The summed E-state index contributed by atoms with van der Waals surface area (Å²) in [6, 6.07) is 4.12. The molecule has 0 bridgehead atoms. The molecule has 1 aliphatic heterocycles. The van der Waals surface area contributed by atoms with Crippen molar-refractivity contribution in [1.82, 2.24) is 4.98 Å². The maximum atomic E-state index is 7.50. The molecular weight excluding hydrogens is 228 g/mol. The fourth-order valence-electron chi connectivity index (χ4n) is 2.95. The van der Waals surface area contributed by atoms with E-state index in [1.807, 2.05) is 6.07 Å². The number of nitrogens with two attached hydrogens (primary N) is 1. The molecule has 1 saturated heterocycles. The number of nitrogens with zero attached hydrogens (tertiary/aromatic N) is 2. The maximum absolute atomic E-state index is 7.50. The highest BCUT2D eigenvalue weighted by atomic mass is 16.5. The van der Waals surface area contributed by atoms with Crippen LogP contribution in [-0.2, 0) is 4.74 Å². The number of anilines is 1. The van der Waals surface area contributed by atoms with Crippen molar-refractivity contribution in [2.24, 2.45) is 5.73 Å². The van der Waals surface area contributed by atoms with Crippen LogP contribution < -0.4 is 10.6 Å². The van der Waals surface area contributed by atoms with E-state index in [0.29, 0.717) is 12.1 Å². The average molecular weight is 246 g/mol. The van der Waals surface area contributed by atoms with E-state index >= 15 is 0 Å². The molecule has 1 aliphatic carbocycles. The van der Waals surface area contributed by atoms with E-state index in [2.05, 4.69) is 9.88 Å². The lowest BCUT2D eigenvalue weighted by molar-refractivity contribution is 0.0253. The minimum absolute atomic E-state index is 0.0925. The number of ether oxygens (including phenoxy) is 1. The van der Waals surface area contributed by atoms with Gasteiger partial charge in [-0.25, -0.2) is 4.98 Å². The first-order valence-electron chi connectivity index (χ1n) is 6.44. The molecule has 96 valence electrons. The van der Waals surface area contributed by atoms with E-state index in [4.69, 9.17) is 15.9 Å². The third kappa shape index (κ3) is 1.95. The smallest absolute Gasteiger partial charge is 0.129 e. The lowest BCUT2D eigenvalue weighted by atomic mass is 10.1. The number of pyridine rings is 1. The second-order valence-electron chi connectivity index (χ2n) is 4.92. The fraction of sp³-hybridized carbons (Fsp3) is 0.538. The predicted octanol–water partition coefficient (Wildman–Crippen LogP) is 1.12. The SMILES string of the molecule is N=C(N)c1ccnc(N2CCOC3CCCC32)c1. The second kappa shape index (κ2) is 4.57. The molecule has 1 saturated carbocycles. The van der Waals surface area contributed by atoms with Crippen LogP contribution in [0, 0.1) is 5.41 Å². The fourth-order valence-corrected chi connectivity index (χ4v) is 2.95. The first kappa shape index (κ1) is 11.5. The van der Waals surface area contributed by atoms with Crippen molar-refractivity contribution in [2.75, 3.05) is 18.1 Å². The van der Waals surface area contributed by atoms with Gasteiger partial charge in [0.1, 0.15) is 11.7 Å². The molecule has 2 aliphatic rings. The van der Waals surface area contributed by atoms with Crippen LogP contribution in [0.5, 0.6) is 0 Å². The van der Waals surface area contributed by atoms with E-state index in [1.54, 1.807) is 12.3 Å². The molecule has 2 fully saturated rings. The highest BCUT2D eigenvalue weighted by molar-refractivity contribution is 5.95. The Labute approximate surface area is 106 Å². The molecule has 0 spiro atoms. The highest BCUT2D eigenvalue weighted by Crippen LogP contribution is 2.32. The van der Waals surface area contributed by atoms with Gasteiger partial charge in [-0.3, -0.25) is 5.41 Å². The normalized spacial score (nSPS) is 27.0. The first-order valence-corrected chi connectivity index (χ1v) is 6.44. The minimum Gasteiger partial charge on any atom is -0.384 e. The molecule has 3 N–H and O–H groups in total. The van der Waals surface area contributed by atoms with E-state index in [1.165, 1.54) is 6.42 Å². The molecule has 2 heterocycles. The molecule has 1 aromatic rings. The first-order chi connectivity index (χ1) is 8.75. The van der Waals surface area contributed by atoms with Gasteiger partial charge >= 0.3 is 0 Å². The predicted molar refractivity (Wildman–Crippen MR) is 70.0 cm³/mol. The average Bonchev–Trinajstić information content (AvgIpc) is 2.87. The summed E-state index contributed by atoms with van der Waals surface area (Å²) >= 11 is 0. The Hall–Kier alpha value is -1.62. The minimum atomic E-state index is 0.0925. The van der Waals surface area contributed by atoms with Crippen LogP contribution in [0.25, 0.3) is 0 Å². The Kier molecular flexibility index (Phi) is 2.91. The highest BCUT2D eigenvalue weighted by Gasteiger charge is 2.36. The Morgan fingerprint density at radius 1 is 1.50 bits per heavy atom. The number of nitrogens with one attached hydrogen (secondary N) is 1. The number of amidine groups is 1. The van der Waals surface area contributed by atoms with Crippen LogP contribution in [-0.4, -0.2) is 36.1 Å². The Balaban J connectivity index is 1.89. The number of morpholine rings is 1. The van der Waals surface area contributed by atoms with Gasteiger partial charge in [0.05, 0.1) is 18.8 Å². The van der Waals surface area contributed by atoms with E-state index < -0.39 is 0 Å². The molecule has 0 radical (unpaired) electrons. The molecule has 2 unspecified atom stereocenters. The molecule has 3 rings (SSSR count). The molecule has 5 nitrogen and oxygen atoms in total. The van der Waals surface area contributed by atoms with Crippen molar-refractivity contribution in [1.29, 1.82) is 5.41 Å². The molecule has 5 heteroatoms. The third-order valence-electron chi connectivity index (χ3n) is 3.83. The molecule has 1 aromatic heterocycles. The summed E-state index contributed by atoms with van der Waals surface area (Å²) < 4.78 is 5.79. The molecular formula is C13H18N4O. The Bertz CT molecular complexity index is 462. The summed E-state index contributed by atoms with van der Waals surface area (Å²) in [5, 5.41) is 7.50. The number of hydrogen-bond acceptors (Lipinski definition) is 4. The molecule has 18 heavy (non-hydrogen) atoms. The monoisotopic (exact) mass is 246 g/mol. The summed E-state index contributed by atoms with van der Waals surface area (Å²) in [6.45, 7) is 1.63. The second-order valence-corrected chi connectivity index (χ2v) is 4.92. The van der Waals surface area contributed by atoms with Crippen molar-refractivity contribution < 1.29 is 4.74 Å². The zero-order valence-corrected chi connectivity index (χ0v) is 10.3. The largest absolute Gasteiger partial charge is 0.384 e. The number of hydrogen-bond donors (Lipinski definition) is 2. The molecule has 0 amide bonds. The van der Waals surface area contributed by atoms with E-state index in [9.17, 15) is 0 Å². The van der Waals surface area contributed by atoms with Crippen molar-refractivity contribution in [3.05, 3.63) is 23.9 Å². The number of aromatic nitrogens is 1. The van der Waals surface area contributed by atoms with Crippen LogP contribution in [0.1, 0.15) is 24.8 Å². The van der Waals surface area contributed by atoms with Gasteiger partial charge in [-0.05, 0) is 31.4 Å². The lowest BCUT2D eigenvalue weighted by Gasteiger charge is -2.38. The van der Waals surface area contributed by atoms with Crippen molar-refractivity contribution in [2.45, 2.75) is 31.4 Å². The van der Waals surface area contributed by atoms with Gasteiger partial charge in [0, 0.05) is 18.3 Å². The van der Waals surface area contributed by atoms with Crippen LogP contribution in [0.4, 0.5) is 5.82 Å². The van der Waals surface area contributed by atoms with Crippen LogP contribution in [0.2, 0.25) is 0 Å². The van der Waals surface area contributed by atoms with E-state index in [0.717, 1.165) is 37.4 Å². The third-order valence-corrected chi connectivity index (χ3v) is 3.83. The van der Waals surface area contributed by atoms with Crippen LogP contribution in [0.15, 0.2) is 18.3 Å². The zero-order valence-electron chi connectivity index (χ0n) is 10.3. The molecule has 2 atom stereocenters. The van der Waals surface area contributed by atoms with Crippen molar-refractivity contribution in [3.8, 4) is 0 Å². The van der Waals surface area contributed by atoms with Crippen LogP contribution >= 0.6 is 0 Å². The van der Waals surface area contributed by atoms with Gasteiger partial charge < -0.3 is 15.4 Å².